The number of carbonyl (C=O) groups excluding carboxylic acids is 1. The molecule has 1 heterocycles. The molecule has 1 saturated heterocycles. The molecule has 150 valence electrons. The zero-order chi connectivity index (χ0) is 19.9. The monoisotopic (exact) mass is 407 g/mol. The summed E-state index contributed by atoms with van der Waals surface area (Å²) in [6.07, 6.45) is 0. The van der Waals surface area contributed by atoms with Gasteiger partial charge in [0.25, 0.3) is 5.91 Å². The molecule has 2 aromatic rings. The SMILES string of the molecule is COc1ccc(F)cc1C[NH+]1CC[NH+](CC(=O)NCc2ccccc2Cl)CC1. The Hall–Kier alpha value is -2.15. The van der Waals surface area contributed by atoms with Crippen molar-refractivity contribution in [3.8, 4) is 5.75 Å². The highest BCUT2D eigenvalue weighted by atomic mass is 35.5. The Morgan fingerprint density at radius 3 is 2.54 bits per heavy atom. The maximum atomic E-state index is 13.5. The van der Waals surface area contributed by atoms with E-state index in [0.29, 0.717) is 18.1 Å². The summed E-state index contributed by atoms with van der Waals surface area (Å²) in [5, 5.41) is 3.62. The van der Waals surface area contributed by atoms with E-state index in [-0.39, 0.29) is 11.7 Å². The van der Waals surface area contributed by atoms with Gasteiger partial charge in [0.1, 0.15) is 44.3 Å². The Bertz CT molecular complexity index is 810. The van der Waals surface area contributed by atoms with Gasteiger partial charge >= 0.3 is 0 Å². The maximum Gasteiger partial charge on any atom is 0.275 e. The lowest BCUT2D eigenvalue weighted by Crippen LogP contribution is -3.28. The molecule has 1 aliphatic heterocycles. The quantitative estimate of drug-likeness (QED) is 0.609. The molecule has 0 bridgehead atoms. The van der Waals surface area contributed by atoms with E-state index >= 15 is 0 Å². The van der Waals surface area contributed by atoms with E-state index in [4.69, 9.17) is 16.3 Å². The first-order valence-electron chi connectivity index (χ1n) is 9.55. The van der Waals surface area contributed by atoms with Crippen molar-refractivity contribution >= 4 is 17.5 Å². The molecule has 0 atom stereocenters. The normalized spacial score (nSPS) is 19.2. The summed E-state index contributed by atoms with van der Waals surface area (Å²) in [5.41, 5.74) is 1.81. The summed E-state index contributed by atoms with van der Waals surface area (Å²) in [7, 11) is 1.61. The summed E-state index contributed by atoms with van der Waals surface area (Å²) in [6, 6.07) is 12.2. The molecule has 1 aliphatic rings. The Kier molecular flexibility index (Phi) is 7.25. The molecule has 1 amide bonds. The molecular formula is C21H27ClFN3O2+2. The van der Waals surface area contributed by atoms with E-state index in [2.05, 4.69) is 5.32 Å². The van der Waals surface area contributed by atoms with Gasteiger partial charge in [0.2, 0.25) is 0 Å². The lowest BCUT2D eigenvalue weighted by Gasteiger charge is -2.29. The number of halogens is 2. The number of ether oxygens (including phenoxy) is 1. The third kappa shape index (κ3) is 5.67. The minimum atomic E-state index is -0.241. The highest BCUT2D eigenvalue weighted by Gasteiger charge is 2.25. The van der Waals surface area contributed by atoms with Gasteiger partial charge in [0.15, 0.2) is 6.54 Å². The number of hydrogen-bond donors (Lipinski definition) is 3. The lowest BCUT2D eigenvalue weighted by molar-refractivity contribution is -1.02. The van der Waals surface area contributed by atoms with E-state index < -0.39 is 0 Å². The van der Waals surface area contributed by atoms with Gasteiger partial charge in [0.05, 0.1) is 12.7 Å². The molecule has 3 rings (SSSR count). The second-order valence-corrected chi connectivity index (χ2v) is 7.59. The second kappa shape index (κ2) is 9.87. The third-order valence-electron chi connectivity index (χ3n) is 5.19. The average Bonchev–Trinajstić information content (AvgIpc) is 2.69. The van der Waals surface area contributed by atoms with E-state index in [9.17, 15) is 9.18 Å². The van der Waals surface area contributed by atoms with Gasteiger partial charge in [-0.15, -0.1) is 0 Å². The standard InChI is InChI=1S/C21H25ClFN3O2/c1-28-20-7-6-18(23)12-17(20)14-25-8-10-26(11-9-25)15-21(27)24-13-16-4-2-3-5-19(16)22/h2-7,12H,8-11,13-15H2,1H3,(H,24,27)/p+2. The highest BCUT2D eigenvalue weighted by molar-refractivity contribution is 6.31. The molecule has 28 heavy (non-hydrogen) atoms. The van der Waals surface area contributed by atoms with Crippen LogP contribution in [0.1, 0.15) is 11.1 Å². The van der Waals surface area contributed by atoms with Crippen LogP contribution in [0, 0.1) is 5.82 Å². The van der Waals surface area contributed by atoms with Crippen LogP contribution in [-0.2, 0) is 17.9 Å². The van der Waals surface area contributed by atoms with Crippen LogP contribution < -0.4 is 19.9 Å². The van der Waals surface area contributed by atoms with Crippen LogP contribution in [0.3, 0.4) is 0 Å². The number of benzene rings is 2. The number of methoxy groups -OCH3 is 1. The topological polar surface area (TPSA) is 47.2 Å². The predicted octanol–water partition coefficient (Wildman–Crippen LogP) is 0.0875. The van der Waals surface area contributed by atoms with Gasteiger partial charge in [-0.3, -0.25) is 4.79 Å². The van der Waals surface area contributed by atoms with Crippen molar-refractivity contribution in [3.63, 3.8) is 0 Å². The minimum absolute atomic E-state index is 0.0326. The highest BCUT2D eigenvalue weighted by Crippen LogP contribution is 2.18. The Balaban J connectivity index is 1.43. The molecule has 0 radical (unpaired) electrons. The van der Waals surface area contributed by atoms with Crippen molar-refractivity contribution < 1.29 is 23.7 Å². The van der Waals surface area contributed by atoms with E-state index in [0.717, 1.165) is 49.6 Å². The van der Waals surface area contributed by atoms with Gasteiger partial charge in [-0.1, -0.05) is 29.8 Å². The van der Waals surface area contributed by atoms with Gasteiger partial charge in [-0.2, -0.15) is 0 Å². The molecule has 1 fully saturated rings. The summed E-state index contributed by atoms with van der Waals surface area (Å²) in [4.78, 5) is 14.9. The summed E-state index contributed by atoms with van der Waals surface area (Å²) in [6.45, 7) is 5.33. The fourth-order valence-corrected chi connectivity index (χ4v) is 3.79. The second-order valence-electron chi connectivity index (χ2n) is 7.18. The van der Waals surface area contributed by atoms with Gasteiger partial charge < -0.3 is 19.9 Å². The molecule has 0 aromatic heterocycles. The van der Waals surface area contributed by atoms with Crippen molar-refractivity contribution in [2.45, 2.75) is 13.1 Å². The van der Waals surface area contributed by atoms with Crippen LogP contribution in [0.4, 0.5) is 4.39 Å². The molecule has 0 spiro atoms. The van der Waals surface area contributed by atoms with E-state index in [1.54, 1.807) is 19.2 Å². The number of rotatable bonds is 7. The number of quaternary nitrogens is 2. The first-order valence-corrected chi connectivity index (χ1v) is 9.92. The molecular weight excluding hydrogens is 381 g/mol. The first-order chi connectivity index (χ1) is 13.5. The smallest absolute Gasteiger partial charge is 0.275 e. The lowest BCUT2D eigenvalue weighted by atomic mass is 10.1. The molecule has 0 unspecified atom stereocenters. The van der Waals surface area contributed by atoms with Crippen LogP contribution in [0.2, 0.25) is 5.02 Å². The molecule has 2 aromatic carbocycles. The minimum Gasteiger partial charge on any atom is -0.496 e. The van der Waals surface area contributed by atoms with Crippen LogP contribution in [-0.4, -0.2) is 45.7 Å². The first kappa shape index (κ1) is 20.6. The van der Waals surface area contributed by atoms with Gasteiger partial charge in [0, 0.05) is 11.6 Å². The molecule has 3 N–H and O–H groups in total. The number of hydrogen-bond acceptors (Lipinski definition) is 2. The van der Waals surface area contributed by atoms with Crippen LogP contribution >= 0.6 is 11.6 Å². The number of amides is 1. The van der Waals surface area contributed by atoms with Crippen LogP contribution in [0.5, 0.6) is 5.75 Å². The van der Waals surface area contributed by atoms with Crippen molar-refractivity contribution in [2.24, 2.45) is 0 Å². The largest absolute Gasteiger partial charge is 0.496 e. The number of carbonyl (C=O) groups is 1. The van der Waals surface area contributed by atoms with Crippen molar-refractivity contribution in [1.29, 1.82) is 0 Å². The Morgan fingerprint density at radius 2 is 1.82 bits per heavy atom. The average molecular weight is 408 g/mol. The summed E-state index contributed by atoms with van der Waals surface area (Å²) in [5.74, 6) is 0.516. The summed E-state index contributed by atoms with van der Waals surface area (Å²) < 4.78 is 18.9. The van der Waals surface area contributed by atoms with Gasteiger partial charge in [-0.05, 0) is 29.8 Å². The zero-order valence-corrected chi connectivity index (χ0v) is 16.8. The van der Waals surface area contributed by atoms with Gasteiger partial charge in [-0.25, -0.2) is 4.39 Å². The van der Waals surface area contributed by atoms with Crippen LogP contribution in [0.15, 0.2) is 42.5 Å². The number of nitrogens with one attached hydrogen (secondary N) is 3. The molecule has 7 heteroatoms. The summed E-state index contributed by atoms with van der Waals surface area (Å²) >= 11 is 6.12. The maximum absolute atomic E-state index is 13.5. The molecule has 0 saturated carbocycles. The zero-order valence-electron chi connectivity index (χ0n) is 16.1. The fraction of sp³-hybridized carbons (Fsp3) is 0.381. The van der Waals surface area contributed by atoms with Crippen LogP contribution in [0.25, 0.3) is 0 Å². The fourth-order valence-electron chi connectivity index (χ4n) is 3.59. The van der Waals surface area contributed by atoms with E-state index in [1.807, 2.05) is 24.3 Å². The third-order valence-corrected chi connectivity index (χ3v) is 5.56. The van der Waals surface area contributed by atoms with Crippen molar-refractivity contribution in [2.75, 3.05) is 39.8 Å². The molecule has 0 aliphatic carbocycles. The molecule has 5 nitrogen and oxygen atoms in total. The van der Waals surface area contributed by atoms with Crippen molar-refractivity contribution in [1.82, 2.24) is 5.32 Å². The Labute approximate surface area is 170 Å². The number of piperazine rings is 1. The predicted molar refractivity (Wildman–Crippen MR) is 106 cm³/mol. The Morgan fingerprint density at radius 1 is 1.11 bits per heavy atom. The van der Waals surface area contributed by atoms with Crippen molar-refractivity contribution in [3.05, 3.63) is 64.4 Å². The van der Waals surface area contributed by atoms with E-state index in [1.165, 1.54) is 15.9 Å².